The zero-order chi connectivity index (χ0) is 20.6. The van der Waals surface area contributed by atoms with Crippen molar-refractivity contribution in [2.75, 3.05) is 13.6 Å². The van der Waals surface area contributed by atoms with Crippen molar-refractivity contribution >= 4 is 11.8 Å². The van der Waals surface area contributed by atoms with Crippen molar-refractivity contribution in [2.45, 2.75) is 57.2 Å². The second-order valence-electron chi connectivity index (χ2n) is 8.02. The van der Waals surface area contributed by atoms with Gasteiger partial charge in [-0.15, -0.1) is 0 Å². The minimum Gasteiger partial charge on any atom is -0.337 e. The molecule has 0 unspecified atom stereocenters. The van der Waals surface area contributed by atoms with Gasteiger partial charge in [0, 0.05) is 38.2 Å². The highest BCUT2D eigenvalue weighted by atomic mass is 19.2. The molecule has 0 aliphatic carbocycles. The molecular formula is C20H26F3N3O2. The third-order valence-electron chi connectivity index (χ3n) is 6.12. The molecule has 1 aromatic rings. The van der Waals surface area contributed by atoms with Crippen molar-refractivity contribution in [3.8, 4) is 0 Å². The molecular weight excluding hydrogens is 371 g/mol. The molecule has 2 N–H and O–H groups in total. The van der Waals surface area contributed by atoms with E-state index in [4.69, 9.17) is 5.73 Å². The van der Waals surface area contributed by atoms with Gasteiger partial charge in [-0.05, 0) is 49.7 Å². The van der Waals surface area contributed by atoms with E-state index in [0.29, 0.717) is 18.9 Å². The van der Waals surface area contributed by atoms with Crippen molar-refractivity contribution in [3.63, 3.8) is 0 Å². The highest BCUT2D eigenvalue weighted by Crippen LogP contribution is 2.40. The summed E-state index contributed by atoms with van der Waals surface area (Å²) >= 11 is 0. The molecule has 2 amide bonds. The first-order valence-electron chi connectivity index (χ1n) is 9.59. The summed E-state index contributed by atoms with van der Waals surface area (Å²) in [6, 6.07) is 1.12. The molecule has 28 heavy (non-hydrogen) atoms. The SMILES string of the molecule is CC(=O)N(C)CC(=O)N1[C@@H]2CC[C@H]1C[C@H]([C@H](N)Cc1cc(F)c(F)cc1F)C2. The van der Waals surface area contributed by atoms with Crippen LogP contribution in [-0.2, 0) is 16.0 Å². The first-order chi connectivity index (χ1) is 13.2. The molecule has 0 radical (unpaired) electrons. The summed E-state index contributed by atoms with van der Waals surface area (Å²) in [7, 11) is 1.60. The van der Waals surface area contributed by atoms with Crippen LogP contribution < -0.4 is 5.73 Å². The predicted octanol–water partition coefficient (Wildman–Crippen LogP) is 2.22. The number of rotatable bonds is 5. The van der Waals surface area contributed by atoms with Crippen molar-refractivity contribution in [1.29, 1.82) is 0 Å². The highest BCUT2D eigenvalue weighted by molar-refractivity contribution is 5.84. The van der Waals surface area contributed by atoms with Gasteiger partial charge in [-0.25, -0.2) is 13.2 Å². The molecule has 2 bridgehead atoms. The van der Waals surface area contributed by atoms with E-state index in [1.807, 2.05) is 4.90 Å². The van der Waals surface area contributed by atoms with Gasteiger partial charge in [0.05, 0.1) is 6.54 Å². The number of likely N-dealkylation sites (N-methyl/N-ethyl adjacent to an activating group) is 1. The van der Waals surface area contributed by atoms with Gasteiger partial charge in [-0.3, -0.25) is 9.59 Å². The van der Waals surface area contributed by atoms with Crippen LogP contribution in [0.1, 0.15) is 38.2 Å². The first-order valence-corrected chi connectivity index (χ1v) is 9.59. The predicted molar refractivity (Wildman–Crippen MR) is 97.7 cm³/mol. The summed E-state index contributed by atoms with van der Waals surface area (Å²) in [6.45, 7) is 1.48. The summed E-state index contributed by atoms with van der Waals surface area (Å²) in [4.78, 5) is 27.3. The van der Waals surface area contributed by atoms with Crippen molar-refractivity contribution in [3.05, 3.63) is 35.1 Å². The third-order valence-corrected chi connectivity index (χ3v) is 6.12. The number of hydrogen-bond donors (Lipinski definition) is 1. The Balaban J connectivity index is 1.64. The maximum absolute atomic E-state index is 13.9. The second-order valence-corrected chi connectivity index (χ2v) is 8.02. The fraction of sp³-hybridized carbons (Fsp3) is 0.600. The maximum Gasteiger partial charge on any atom is 0.242 e. The van der Waals surface area contributed by atoms with Crippen molar-refractivity contribution in [2.24, 2.45) is 11.7 Å². The van der Waals surface area contributed by atoms with Crippen molar-refractivity contribution < 1.29 is 22.8 Å². The van der Waals surface area contributed by atoms with Gasteiger partial charge < -0.3 is 15.5 Å². The van der Waals surface area contributed by atoms with Gasteiger partial charge in [-0.1, -0.05) is 0 Å². The van der Waals surface area contributed by atoms with Crippen LogP contribution in [0.4, 0.5) is 13.2 Å². The lowest BCUT2D eigenvalue weighted by molar-refractivity contribution is -0.142. The minimum atomic E-state index is -1.21. The Labute approximate surface area is 162 Å². The van der Waals surface area contributed by atoms with Gasteiger partial charge in [0.2, 0.25) is 11.8 Å². The molecule has 8 heteroatoms. The zero-order valence-corrected chi connectivity index (χ0v) is 16.1. The van der Waals surface area contributed by atoms with Crippen LogP contribution in [0.5, 0.6) is 0 Å². The number of amides is 2. The summed E-state index contributed by atoms with van der Waals surface area (Å²) in [5.74, 6) is -3.25. The highest BCUT2D eigenvalue weighted by Gasteiger charge is 2.44. The largest absolute Gasteiger partial charge is 0.337 e. The lowest BCUT2D eigenvalue weighted by Gasteiger charge is -2.41. The maximum atomic E-state index is 13.9. The molecule has 2 heterocycles. The smallest absolute Gasteiger partial charge is 0.242 e. The van der Waals surface area contributed by atoms with Crippen LogP contribution in [0.2, 0.25) is 0 Å². The molecule has 0 spiro atoms. The summed E-state index contributed by atoms with van der Waals surface area (Å²) in [6.07, 6.45) is 3.26. The summed E-state index contributed by atoms with van der Waals surface area (Å²) in [5, 5.41) is 0. The number of hydrogen-bond acceptors (Lipinski definition) is 3. The fourth-order valence-electron chi connectivity index (χ4n) is 4.51. The molecule has 3 rings (SSSR count). The number of fused-ring (bicyclic) bond motifs is 2. The van der Waals surface area contributed by atoms with E-state index >= 15 is 0 Å². The van der Waals surface area contributed by atoms with Crippen LogP contribution in [0.25, 0.3) is 0 Å². The number of carbonyl (C=O) groups is 2. The minimum absolute atomic E-state index is 0.0532. The van der Waals surface area contributed by atoms with Crippen LogP contribution >= 0.6 is 0 Å². The Bertz CT molecular complexity index is 759. The van der Waals surface area contributed by atoms with E-state index in [1.54, 1.807) is 7.05 Å². The summed E-state index contributed by atoms with van der Waals surface area (Å²) < 4.78 is 40.5. The molecule has 2 fully saturated rings. The Kier molecular flexibility index (Phi) is 5.98. The van der Waals surface area contributed by atoms with E-state index in [1.165, 1.54) is 11.8 Å². The number of halogens is 3. The molecule has 4 atom stereocenters. The van der Waals surface area contributed by atoms with Crippen LogP contribution in [-0.4, -0.2) is 53.3 Å². The molecule has 154 valence electrons. The lowest BCUT2D eigenvalue weighted by Crippen LogP contribution is -2.52. The molecule has 2 aliphatic rings. The number of piperidine rings is 1. The Hall–Kier alpha value is -2.09. The van der Waals surface area contributed by atoms with E-state index in [0.717, 1.165) is 18.9 Å². The molecule has 2 saturated heterocycles. The van der Waals surface area contributed by atoms with E-state index in [2.05, 4.69) is 0 Å². The van der Waals surface area contributed by atoms with Gasteiger partial charge in [-0.2, -0.15) is 0 Å². The normalized spacial score (nSPS) is 24.9. The Morgan fingerprint density at radius 2 is 1.71 bits per heavy atom. The zero-order valence-electron chi connectivity index (χ0n) is 16.1. The fourth-order valence-corrected chi connectivity index (χ4v) is 4.51. The first kappa shape index (κ1) is 20.6. The molecule has 5 nitrogen and oxygen atoms in total. The monoisotopic (exact) mass is 397 g/mol. The Morgan fingerprint density at radius 3 is 2.29 bits per heavy atom. The molecule has 0 aromatic heterocycles. The molecule has 2 aliphatic heterocycles. The number of benzene rings is 1. The van der Waals surface area contributed by atoms with Crippen molar-refractivity contribution in [1.82, 2.24) is 9.80 Å². The van der Waals surface area contributed by atoms with Crippen LogP contribution in [0.3, 0.4) is 0 Å². The molecule has 1 aromatic carbocycles. The van der Waals surface area contributed by atoms with Gasteiger partial charge in [0.1, 0.15) is 5.82 Å². The van der Waals surface area contributed by atoms with E-state index in [9.17, 15) is 22.8 Å². The molecule has 0 saturated carbocycles. The van der Waals surface area contributed by atoms with Gasteiger partial charge in [0.25, 0.3) is 0 Å². The quantitative estimate of drug-likeness (QED) is 0.775. The number of nitrogens with zero attached hydrogens (tertiary/aromatic N) is 2. The topological polar surface area (TPSA) is 66.6 Å². The van der Waals surface area contributed by atoms with Gasteiger partial charge >= 0.3 is 0 Å². The standard InChI is InChI=1S/C20H26F3N3O2/c1-11(27)25(2)10-20(28)26-14-3-4-15(26)6-13(5-14)19(24)8-12-7-17(22)18(23)9-16(12)21/h7,9,13-15,19H,3-6,8,10,24H2,1-2H3/t13-,14-,15+,19-/m1/s1. The average molecular weight is 397 g/mol. The lowest BCUT2D eigenvalue weighted by atomic mass is 9.82. The second kappa shape index (κ2) is 8.11. The van der Waals surface area contributed by atoms with E-state index < -0.39 is 23.5 Å². The average Bonchev–Trinajstić information content (AvgIpc) is 2.89. The third kappa shape index (κ3) is 4.16. The number of carbonyl (C=O) groups excluding carboxylic acids is 2. The van der Waals surface area contributed by atoms with E-state index in [-0.39, 0.29) is 48.3 Å². The number of nitrogens with two attached hydrogens (primary N) is 1. The van der Waals surface area contributed by atoms with Crippen LogP contribution in [0.15, 0.2) is 12.1 Å². The van der Waals surface area contributed by atoms with Gasteiger partial charge in [0.15, 0.2) is 11.6 Å². The summed E-state index contributed by atoms with van der Waals surface area (Å²) in [5.41, 5.74) is 6.36. The van der Waals surface area contributed by atoms with Crippen LogP contribution in [0, 0.1) is 23.4 Å². The Morgan fingerprint density at radius 1 is 1.14 bits per heavy atom.